The van der Waals surface area contributed by atoms with Gasteiger partial charge in [-0.25, -0.2) is 0 Å². The molecule has 1 amide bonds. The van der Waals surface area contributed by atoms with Crippen LogP contribution in [0.15, 0.2) is 53.1 Å². The van der Waals surface area contributed by atoms with Crippen molar-refractivity contribution in [3.8, 4) is 0 Å². The quantitative estimate of drug-likeness (QED) is 0.614. The molecule has 4 rings (SSSR count). The number of anilines is 1. The van der Waals surface area contributed by atoms with E-state index in [1.807, 2.05) is 29.2 Å². The lowest BCUT2D eigenvalue weighted by atomic mass is 10.1. The van der Waals surface area contributed by atoms with Crippen LogP contribution in [0.3, 0.4) is 0 Å². The molecule has 0 saturated heterocycles. The van der Waals surface area contributed by atoms with E-state index in [0.717, 1.165) is 21.3 Å². The predicted octanol–water partition coefficient (Wildman–Crippen LogP) is 5.15. The maximum atomic E-state index is 12.7. The van der Waals surface area contributed by atoms with E-state index in [1.54, 1.807) is 0 Å². The van der Waals surface area contributed by atoms with Crippen molar-refractivity contribution < 1.29 is 4.79 Å². The first-order valence-corrected chi connectivity index (χ1v) is 8.55. The monoisotopic (exact) mass is 368 g/mol. The maximum Gasteiger partial charge on any atom is 0.258 e. The lowest BCUT2D eigenvalue weighted by molar-refractivity contribution is 0.0996. The average molecular weight is 369 g/mol. The van der Waals surface area contributed by atoms with Crippen molar-refractivity contribution in [3.05, 3.63) is 64.3 Å². The van der Waals surface area contributed by atoms with Gasteiger partial charge in [0, 0.05) is 38.9 Å². The molecule has 0 saturated carbocycles. The van der Waals surface area contributed by atoms with Crippen LogP contribution >= 0.6 is 15.9 Å². The number of carbonyl (C=O) groups excluding carboxylic acids is 1. The first-order chi connectivity index (χ1) is 11.0. The number of hydrogen-bond donors (Lipinski definition) is 0. The third-order valence-electron chi connectivity index (χ3n) is 4.45. The third kappa shape index (κ3) is 2.29. The number of amides is 1. The maximum absolute atomic E-state index is 12.7. The first kappa shape index (κ1) is 14.5. The third-order valence-corrected chi connectivity index (χ3v) is 4.94. The number of aromatic nitrogens is 1. The minimum Gasteiger partial charge on any atom is -0.345 e. The van der Waals surface area contributed by atoms with Gasteiger partial charge in [0.2, 0.25) is 0 Å². The predicted molar refractivity (Wildman–Crippen MR) is 97.0 cm³/mol. The van der Waals surface area contributed by atoms with E-state index in [9.17, 15) is 4.79 Å². The van der Waals surface area contributed by atoms with E-state index in [4.69, 9.17) is 0 Å². The lowest BCUT2D eigenvalue weighted by Crippen LogP contribution is -2.22. The molecule has 0 radical (unpaired) electrons. The summed E-state index contributed by atoms with van der Waals surface area (Å²) in [6.07, 6.45) is 2.11. The van der Waals surface area contributed by atoms with Gasteiger partial charge in [0.25, 0.3) is 5.91 Å². The van der Waals surface area contributed by atoms with Crippen molar-refractivity contribution in [1.29, 1.82) is 0 Å². The van der Waals surface area contributed by atoms with Gasteiger partial charge in [-0.2, -0.15) is 0 Å². The van der Waals surface area contributed by atoms with Crippen molar-refractivity contribution >= 4 is 38.4 Å². The van der Waals surface area contributed by atoms with E-state index in [0.29, 0.717) is 12.6 Å². The highest BCUT2D eigenvalue weighted by atomic mass is 79.9. The second kappa shape index (κ2) is 5.24. The van der Waals surface area contributed by atoms with Gasteiger partial charge in [-0.3, -0.25) is 4.79 Å². The summed E-state index contributed by atoms with van der Waals surface area (Å²) in [5.41, 5.74) is 4.03. The molecule has 0 bridgehead atoms. The number of nitrogens with zero attached hydrogens (tertiary/aromatic N) is 2. The molecule has 2 heterocycles. The average Bonchev–Trinajstić information content (AvgIpc) is 3.08. The van der Waals surface area contributed by atoms with Gasteiger partial charge >= 0.3 is 0 Å². The van der Waals surface area contributed by atoms with Crippen molar-refractivity contribution in [1.82, 2.24) is 4.57 Å². The van der Waals surface area contributed by atoms with Crippen LogP contribution in [0.1, 0.15) is 35.8 Å². The summed E-state index contributed by atoms with van der Waals surface area (Å²) in [6, 6.07) is 14.7. The molecule has 23 heavy (non-hydrogen) atoms. The van der Waals surface area contributed by atoms with E-state index >= 15 is 0 Å². The zero-order chi connectivity index (χ0) is 16.1. The zero-order valence-corrected chi connectivity index (χ0v) is 14.7. The van der Waals surface area contributed by atoms with Crippen LogP contribution in [0.25, 0.3) is 10.9 Å². The molecular formula is C19H17BrN2O. The van der Waals surface area contributed by atoms with Crippen molar-refractivity contribution in [2.24, 2.45) is 0 Å². The molecular weight excluding hydrogens is 352 g/mol. The molecule has 0 aliphatic carbocycles. The molecule has 1 aliphatic rings. The van der Waals surface area contributed by atoms with Gasteiger partial charge in [0.05, 0.1) is 6.54 Å². The van der Waals surface area contributed by atoms with Gasteiger partial charge < -0.3 is 9.47 Å². The zero-order valence-electron chi connectivity index (χ0n) is 13.1. The summed E-state index contributed by atoms with van der Waals surface area (Å²) in [5, 5.41) is 1.17. The van der Waals surface area contributed by atoms with E-state index in [-0.39, 0.29) is 5.91 Å². The SMILES string of the molecule is CC(C)n1ccc2cc(N3Cc4ccc(Br)cc4C3=O)ccc21. The van der Waals surface area contributed by atoms with E-state index in [1.165, 1.54) is 10.9 Å². The second-order valence-corrected chi connectivity index (χ2v) is 7.17. The molecule has 0 unspecified atom stereocenters. The van der Waals surface area contributed by atoms with Gasteiger partial charge in [0.15, 0.2) is 0 Å². The summed E-state index contributed by atoms with van der Waals surface area (Å²) in [7, 11) is 0. The minimum absolute atomic E-state index is 0.0731. The number of carbonyl (C=O) groups is 1. The van der Waals surface area contributed by atoms with Crippen LogP contribution in [-0.2, 0) is 6.54 Å². The number of fused-ring (bicyclic) bond motifs is 2. The summed E-state index contributed by atoms with van der Waals surface area (Å²) >= 11 is 3.44. The van der Waals surface area contributed by atoms with Crippen LogP contribution in [-0.4, -0.2) is 10.5 Å². The Balaban J connectivity index is 1.75. The van der Waals surface area contributed by atoms with Crippen LogP contribution < -0.4 is 4.90 Å². The molecule has 116 valence electrons. The Morgan fingerprint density at radius 1 is 1.09 bits per heavy atom. The fourth-order valence-corrected chi connectivity index (χ4v) is 3.61. The van der Waals surface area contributed by atoms with Crippen molar-refractivity contribution in [3.63, 3.8) is 0 Å². The van der Waals surface area contributed by atoms with Crippen molar-refractivity contribution in [2.45, 2.75) is 26.4 Å². The van der Waals surface area contributed by atoms with Crippen LogP contribution in [0.5, 0.6) is 0 Å². The van der Waals surface area contributed by atoms with Gasteiger partial charge in [-0.05, 0) is 55.8 Å². The van der Waals surface area contributed by atoms with Crippen LogP contribution in [0.4, 0.5) is 5.69 Å². The highest BCUT2D eigenvalue weighted by molar-refractivity contribution is 9.10. The summed E-state index contributed by atoms with van der Waals surface area (Å²) in [5.74, 6) is 0.0731. The number of rotatable bonds is 2. The Morgan fingerprint density at radius 2 is 1.91 bits per heavy atom. The highest BCUT2D eigenvalue weighted by Crippen LogP contribution is 2.32. The second-order valence-electron chi connectivity index (χ2n) is 6.25. The van der Waals surface area contributed by atoms with Gasteiger partial charge in [-0.15, -0.1) is 0 Å². The largest absolute Gasteiger partial charge is 0.345 e. The molecule has 0 atom stereocenters. The lowest BCUT2D eigenvalue weighted by Gasteiger charge is -2.16. The van der Waals surface area contributed by atoms with Crippen LogP contribution in [0, 0.1) is 0 Å². The normalized spacial score (nSPS) is 14.1. The fourth-order valence-electron chi connectivity index (χ4n) is 3.25. The van der Waals surface area contributed by atoms with Crippen molar-refractivity contribution in [2.75, 3.05) is 4.90 Å². The molecule has 1 aliphatic heterocycles. The molecule has 0 N–H and O–H groups in total. The molecule has 2 aromatic carbocycles. The van der Waals surface area contributed by atoms with E-state index < -0.39 is 0 Å². The minimum atomic E-state index is 0.0731. The Morgan fingerprint density at radius 3 is 2.70 bits per heavy atom. The number of benzene rings is 2. The molecule has 0 fully saturated rings. The Labute approximate surface area is 143 Å². The Bertz CT molecular complexity index is 926. The van der Waals surface area contributed by atoms with E-state index in [2.05, 4.69) is 58.7 Å². The molecule has 3 aromatic rings. The first-order valence-electron chi connectivity index (χ1n) is 7.75. The van der Waals surface area contributed by atoms with Crippen LogP contribution in [0.2, 0.25) is 0 Å². The number of hydrogen-bond acceptors (Lipinski definition) is 1. The summed E-state index contributed by atoms with van der Waals surface area (Å²) in [4.78, 5) is 14.5. The van der Waals surface area contributed by atoms with Gasteiger partial charge in [0.1, 0.15) is 0 Å². The molecule has 1 aromatic heterocycles. The molecule has 3 nitrogen and oxygen atoms in total. The summed E-state index contributed by atoms with van der Waals surface area (Å²) in [6.45, 7) is 4.98. The molecule has 4 heteroatoms. The Kier molecular flexibility index (Phi) is 3.31. The summed E-state index contributed by atoms with van der Waals surface area (Å²) < 4.78 is 3.19. The standard InChI is InChI=1S/C19H17BrN2O/c1-12(2)21-8-7-13-9-16(5-6-18(13)21)22-11-14-3-4-15(20)10-17(14)19(22)23/h3-10,12H,11H2,1-2H3. The fraction of sp³-hybridized carbons (Fsp3) is 0.211. The Hall–Kier alpha value is -2.07. The topological polar surface area (TPSA) is 25.2 Å². The number of halogens is 1. The van der Waals surface area contributed by atoms with Gasteiger partial charge in [-0.1, -0.05) is 22.0 Å². The molecule has 0 spiro atoms. The smallest absolute Gasteiger partial charge is 0.258 e. The highest BCUT2D eigenvalue weighted by Gasteiger charge is 2.28.